The molecule has 17 heavy (non-hydrogen) atoms. The molecular weight excluding hydrogens is 259 g/mol. The van der Waals surface area contributed by atoms with E-state index in [-0.39, 0.29) is 10.8 Å². The van der Waals surface area contributed by atoms with Gasteiger partial charge in [0.15, 0.2) is 0 Å². The highest BCUT2D eigenvalue weighted by molar-refractivity contribution is 6.21. The van der Waals surface area contributed by atoms with E-state index in [2.05, 4.69) is 4.98 Å². The molecule has 0 saturated carbocycles. The van der Waals surface area contributed by atoms with Crippen LogP contribution in [0, 0.1) is 5.21 Å². The van der Waals surface area contributed by atoms with Crippen LogP contribution >= 0.6 is 23.2 Å². The van der Waals surface area contributed by atoms with E-state index in [0.29, 0.717) is 0 Å². The van der Waals surface area contributed by atoms with Gasteiger partial charge in [0.05, 0.1) is 10.8 Å². The second kappa shape index (κ2) is 4.29. The summed E-state index contributed by atoms with van der Waals surface area (Å²) in [4.78, 5) is 4.59. The molecule has 1 heterocycles. The molecule has 2 atom stereocenters. The molecule has 3 rings (SSSR count). The summed E-state index contributed by atoms with van der Waals surface area (Å²) in [5.74, 6) is 0. The fraction of sp³-hybridized carbons (Fsp3) is 0.667. The summed E-state index contributed by atoms with van der Waals surface area (Å²) in [7, 11) is 0. The first-order valence-electron chi connectivity index (χ1n) is 6.11. The normalized spacial score (nSPS) is 27.4. The van der Waals surface area contributed by atoms with Crippen molar-refractivity contribution in [1.29, 1.82) is 0 Å². The second-order valence-corrected chi connectivity index (χ2v) is 5.84. The monoisotopic (exact) mass is 272 g/mol. The van der Waals surface area contributed by atoms with Crippen molar-refractivity contribution in [3.05, 3.63) is 28.0 Å². The molecule has 0 saturated heterocycles. The quantitative estimate of drug-likeness (QED) is 0.414. The Labute approximate surface area is 110 Å². The van der Waals surface area contributed by atoms with Gasteiger partial charge in [0, 0.05) is 12.8 Å². The van der Waals surface area contributed by atoms with Crippen LogP contribution in [0.2, 0.25) is 0 Å². The third-order valence-electron chi connectivity index (χ3n) is 3.66. The van der Waals surface area contributed by atoms with Crippen molar-refractivity contribution in [1.82, 2.24) is 4.98 Å². The lowest BCUT2D eigenvalue weighted by Crippen LogP contribution is -2.43. The number of rotatable bonds is 0. The average Bonchev–Trinajstić information content (AvgIpc) is 2.32. The fourth-order valence-corrected chi connectivity index (χ4v) is 3.42. The van der Waals surface area contributed by atoms with Gasteiger partial charge in [-0.3, -0.25) is 0 Å². The number of alkyl halides is 2. The number of hydrogen-bond donors (Lipinski definition) is 0. The lowest BCUT2D eigenvalue weighted by molar-refractivity contribution is -0.624. The van der Waals surface area contributed by atoms with Crippen LogP contribution in [0.15, 0.2) is 0 Å². The zero-order valence-electron chi connectivity index (χ0n) is 9.46. The minimum absolute atomic E-state index is 0.130. The smallest absolute Gasteiger partial charge is 0.216 e. The highest BCUT2D eigenvalue weighted by atomic mass is 35.5. The van der Waals surface area contributed by atoms with Crippen LogP contribution in [0.4, 0.5) is 0 Å². The minimum Gasteiger partial charge on any atom is -0.618 e. The zero-order valence-corrected chi connectivity index (χ0v) is 11.0. The first-order valence-corrected chi connectivity index (χ1v) is 6.99. The van der Waals surface area contributed by atoms with Crippen LogP contribution in [-0.2, 0) is 12.8 Å². The molecule has 0 amide bonds. The average molecular weight is 273 g/mol. The Morgan fingerprint density at radius 2 is 1.47 bits per heavy atom. The maximum atomic E-state index is 12.3. The van der Waals surface area contributed by atoms with Gasteiger partial charge in [-0.15, -0.1) is 23.2 Å². The molecule has 5 heteroatoms. The first kappa shape index (κ1) is 11.5. The van der Waals surface area contributed by atoms with Crippen LogP contribution in [0.5, 0.6) is 0 Å². The molecule has 2 aliphatic rings. The van der Waals surface area contributed by atoms with Crippen molar-refractivity contribution in [2.24, 2.45) is 0 Å². The van der Waals surface area contributed by atoms with Crippen LogP contribution in [0.25, 0.3) is 0 Å². The highest BCUT2D eigenvalue weighted by Crippen LogP contribution is 2.37. The van der Waals surface area contributed by atoms with Crippen molar-refractivity contribution < 1.29 is 4.73 Å². The molecule has 2 aliphatic carbocycles. The predicted molar refractivity (Wildman–Crippen MR) is 66.3 cm³/mol. The third-order valence-corrected chi connectivity index (χ3v) is 4.51. The molecule has 0 aliphatic heterocycles. The van der Waals surface area contributed by atoms with E-state index in [1.54, 1.807) is 0 Å². The van der Waals surface area contributed by atoms with Crippen LogP contribution in [-0.4, -0.2) is 4.98 Å². The number of aromatic nitrogens is 2. The topological polar surface area (TPSA) is 39.8 Å². The Bertz CT molecular complexity index is 426. The Balaban J connectivity index is 2.19. The number of halogens is 2. The zero-order chi connectivity index (χ0) is 12.0. The van der Waals surface area contributed by atoms with Crippen molar-refractivity contribution in [2.75, 3.05) is 0 Å². The summed E-state index contributed by atoms with van der Waals surface area (Å²) in [6, 6.07) is 0. The third kappa shape index (κ3) is 1.80. The van der Waals surface area contributed by atoms with Crippen LogP contribution in [0.3, 0.4) is 0 Å². The second-order valence-electron chi connectivity index (χ2n) is 4.79. The number of fused-ring (bicyclic) bond motifs is 2. The van der Waals surface area contributed by atoms with Crippen LogP contribution < -0.4 is 4.73 Å². The molecule has 2 unspecified atom stereocenters. The largest absolute Gasteiger partial charge is 0.618 e. The van der Waals surface area contributed by atoms with Gasteiger partial charge >= 0.3 is 0 Å². The van der Waals surface area contributed by atoms with Crippen LogP contribution in [0.1, 0.15) is 59.2 Å². The summed E-state index contributed by atoms with van der Waals surface area (Å²) < 4.78 is 1.06. The molecule has 1 aromatic rings. The summed E-state index contributed by atoms with van der Waals surface area (Å²) in [6.07, 6.45) is 5.30. The lowest BCUT2D eigenvalue weighted by atomic mass is 9.95. The van der Waals surface area contributed by atoms with Gasteiger partial charge in [0.25, 0.3) is 0 Å². The summed E-state index contributed by atoms with van der Waals surface area (Å²) in [5, 5.41) is 12.0. The summed E-state index contributed by atoms with van der Waals surface area (Å²) in [5.41, 5.74) is 3.06. The van der Waals surface area contributed by atoms with E-state index >= 15 is 0 Å². The van der Waals surface area contributed by atoms with E-state index in [1.165, 1.54) is 0 Å². The van der Waals surface area contributed by atoms with Crippen molar-refractivity contribution >= 4 is 23.2 Å². The van der Waals surface area contributed by atoms with Gasteiger partial charge < -0.3 is 5.21 Å². The Hall–Kier alpha value is -0.540. The van der Waals surface area contributed by atoms with Crippen molar-refractivity contribution in [3.63, 3.8) is 0 Å². The van der Waals surface area contributed by atoms with Crippen molar-refractivity contribution in [3.8, 4) is 0 Å². The molecule has 3 nitrogen and oxygen atoms in total. The van der Waals surface area contributed by atoms with E-state index in [1.807, 2.05) is 0 Å². The van der Waals surface area contributed by atoms with Gasteiger partial charge in [0.2, 0.25) is 11.4 Å². The molecule has 1 aromatic heterocycles. The predicted octanol–water partition coefficient (Wildman–Crippen LogP) is 2.95. The van der Waals surface area contributed by atoms with Gasteiger partial charge in [-0.2, -0.15) is 4.73 Å². The Morgan fingerprint density at radius 3 is 1.94 bits per heavy atom. The molecule has 0 radical (unpaired) electrons. The first-order chi connectivity index (χ1) is 8.18. The van der Waals surface area contributed by atoms with Gasteiger partial charge in [0.1, 0.15) is 11.4 Å². The van der Waals surface area contributed by atoms with Gasteiger partial charge in [-0.1, -0.05) is 0 Å². The van der Waals surface area contributed by atoms with E-state index < -0.39 is 0 Å². The van der Waals surface area contributed by atoms with E-state index in [0.717, 1.165) is 66.0 Å². The molecule has 0 bridgehead atoms. The SMILES string of the molecule is [O-][n+]1c2c(nc3c1CCCC3Cl)C(Cl)CCC2. The molecule has 0 spiro atoms. The summed E-state index contributed by atoms with van der Waals surface area (Å²) >= 11 is 12.5. The maximum absolute atomic E-state index is 12.3. The lowest BCUT2D eigenvalue weighted by Gasteiger charge is -2.25. The molecular formula is C12H14Cl2N2O. The fourth-order valence-electron chi connectivity index (χ4n) is 2.76. The van der Waals surface area contributed by atoms with Gasteiger partial charge in [-0.25, -0.2) is 4.98 Å². The number of nitrogens with zero attached hydrogens (tertiary/aromatic N) is 2. The molecule has 0 fully saturated rings. The standard InChI is InChI=1S/C12H14Cl2N2O/c13-7-3-1-5-9-11(7)15-12-8(14)4-2-6-10(12)16(9)17/h7-8H,1-6H2. The highest BCUT2D eigenvalue weighted by Gasteiger charge is 2.34. The molecule has 0 N–H and O–H groups in total. The van der Waals surface area contributed by atoms with E-state index in [9.17, 15) is 5.21 Å². The van der Waals surface area contributed by atoms with Crippen molar-refractivity contribution in [2.45, 2.75) is 49.3 Å². The Morgan fingerprint density at radius 1 is 1.00 bits per heavy atom. The van der Waals surface area contributed by atoms with Gasteiger partial charge in [-0.05, 0) is 25.7 Å². The Kier molecular flexibility index (Phi) is 2.91. The summed E-state index contributed by atoms with van der Waals surface area (Å²) in [6.45, 7) is 0. The molecule has 92 valence electrons. The maximum Gasteiger partial charge on any atom is 0.216 e. The molecule has 0 aromatic carbocycles. The number of hydrogen-bond acceptors (Lipinski definition) is 2. The minimum atomic E-state index is -0.130. The van der Waals surface area contributed by atoms with E-state index in [4.69, 9.17) is 23.2 Å².